The maximum Gasteiger partial charge on any atom is 0.269 e. The van der Waals surface area contributed by atoms with Crippen molar-refractivity contribution in [3.05, 3.63) is 188 Å². The van der Waals surface area contributed by atoms with Gasteiger partial charge in [-0.1, -0.05) is 12.1 Å². The van der Waals surface area contributed by atoms with Crippen LogP contribution in [0, 0.1) is 20.2 Å². The van der Waals surface area contributed by atoms with Gasteiger partial charge in [-0.2, -0.15) is 0 Å². The first kappa shape index (κ1) is 38.1. The number of amides is 4. The number of carbonyl (C=O) groups excluding carboxylic acids is 4. The van der Waals surface area contributed by atoms with Crippen LogP contribution in [0.15, 0.2) is 146 Å². The first-order valence-electron chi connectivity index (χ1n) is 16.6. The topological polar surface area (TPSA) is 230 Å². The maximum atomic E-state index is 12.7. The van der Waals surface area contributed by atoms with E-state index in [1.807, 2.05) is 0 Å². The summed E-state index contributed by atoms with van der Waals surface area (Å²) in [6, 6.07) is 35.3. The summed E-state index contributed by atoms with van der Waals surface area (Å²) in [6.45, 7) is 0. The minimum Gasteiger partial charge on any atom is -0.457 e. The molecule has 17 nitrogen and oxygen atoms in total. The molecule has 0 saturated carbocycles. The first-order valence-corrected chi connectivity index (χ1v) is 16.6. The van der Waals surface area contributed by atoms with Crippen molar-refractivity contribution in [3.8, 4) is 34.5 Å². The van der Waals surface area contributed by atoms with Gasteiger partial charge < -0.3 is 14.2 Å². The highest BCUT2D eigenvalue weighted by molar-refractivity contribution is 6.00. The van der Waals surface area contributed by atoms with Gasteiger partial charge in [-0.15, -0.1) is 0 Å². The molecule has 0 radical (unpaired) electrons. The van der Waals surface area contributed by atoms with Gasteiger partial charge in [-0.3, -0.25) is 61.1 Å². The highest BCUT2D eigenvalue weighted by Gasteiger charge is 2.14. The Labute approximate surface area is 322 Å². The Morgan fingerprint density at radius 3 is 0.965 bits per heavy atom. The fourth-order valence-corrected chi connectivity index (χ4v) is 4.95. The molecule has 0 fully saturated rings. The molecule has 17 heteroatoms. The van der Waals surface area contributed by atoms with E-state index in [1.165, 1.54) is 121 Å². The molecule has 0 unspecified atom stereocenters. The Hall–Kier alpha value is -8.60. The van der Waals surface area contributed by atoms with Gasteiger partial charge in [0, 0.05) is 46.5 Å². The summed E-state index contributed by atoms with van der Waals surface area (Å²) in [4.78, 5) is 71.4. The van der Waals surface area contributed by atoms with Crippen LogP contribution < -0.4 is 35.9 Å². The number of ether oxygens (including phenoxy) is 3. The Kier molecular flexibility index (Phi) is 11.7. The molecule has 0 aliphatic heterocycles. The van der Waals surface area contributed by atoms with Crippen LogP contribution in [0.3, 0.4) is 0 Å². The van der Waals surface area contributed by atoms with Gasteiger partial charge in [0.05, 0.1) is 9.85 Å². The zero-order chi connectivity index (χ0) is 40.3. The number of non-ortho nitro benzene ring substituents is 2. The molecule has 0 aliphatic rings. The number of nitro groups is 2. The van der Waals surface area contributed by atoms with Crippen LogP contribution in [0.25, 0.3) is 0 Å². The number of benzene rings is 6. The number of nitrogens with one attached hydrogen (secondary N) is 4. The van der Waals surface area contributed by atoms with Gasteiger partial charge in [0.2, 0.25) is 0 Å². The average Bonchev–Trinajstić information content (AvgIpc) is 3.22. The molecule has 4 amide bonds. The SMILES string of the molecule is O=C(NNC(=O)c1cccc(Oc2ccc([N+](=O)[O-])cc2)c1)c1ccc(Oc2ccc(C(=O)NNC(=O)c3cccc(Oc4ccc([N+](=O)[O-])cc4)c3)cc2)cc1. The zero-order valence-electron chi connectivity index (χ0n) is 29.2. The fourth-order valence-electron chi connectivity index (χ4n) is 4.95. The summed E-state index contributed by atoms with van der Waals surface area (Å²) in [6.07, 6.45) is 0. The highest BCUT2D eigenvalue weighted by Crippen LogP contribution is 2.26. The molecule has 4 N–H and O–H groups in total. The molecule has 0 heterocycles. The number of nitrogens with zero attached hydrogens (tertiary/aromatic N) is 2. The van der Waals surface area contributed by atoms with Crippen molar-refractivity contribution in [2.75, 3.05) is 0 Å². The largest absolute Gasteiger partial charge is 0.457 e. The van der Waals surface area contributed by atoms with E-state index in [0.29, 0.717) is 34.5 Å². The van der Waals surface area contributed by atoms with E-state index in [2.05, 4.69) is 21.7 Å². The van der Waals surface area contributed by atoms with Gasteiger partial charge in [-0.05, 0) is 109 Å². The van der Waals surface area contributed by atoms with Crippen LogP contribution in [0.5, 0.6) is 34.5 Å². The Morgan fingerprint density at radius 2 is 0.649 bits per heavy atom. The number of hydrazine groups is 2. The molecular formula is C40H28N6O11. The smallest absolute Gasteiger partial charge is 0.269 e. The lowest BCUT2D eigenvalue weighted by Gasteiger charge is -2.11. The van der Waals surface area contributed by atoms with E-state index in [4.69, 9.17) is 14.2 Å². The standard InChI is InChI=1S/C40H28N6O11/c47-37(41-43-39(49)27-3-1-5-35(23-27)56-33-19-11-29(12-20-33)45(51)52)25-7-15-31(16-8-25)55-32-17-9-26(10-18-32)38(48)42-44-40(50)28-4-2-6-36(24-28)57-34-21-13-30(14-22-34)46(53)54/h1-24H,(H,41,47)(H,42,48)(H,43,49)(H,44,50). The van der Waals surface area contributed by atoms with Crippen molar-refractivity contribution in [2.24, 2.45) is 0 Å². The van der Waals surface area contributed by atoms with E-state index in [1.54, 1.807) is 24.3 Å². The number of rotatable bonds is 12. The molecule has 0 atom stereocenters. The fraction of sp³-hybridized carbons (Fsp3) is 0. The summed E-state index contributed by atoms with van der Waals surface area (Å²) in [5.41, 5.74) is 9.98. The van der Waals surface area contributed by atoms with Gasteiger partial charge in [0.1, 0.15) is 34.5 Å². The van der Waals surface area contributed by atoms with Crippen LogP contribution in [0.1, 0.15) is 41.4 Å². The lowest BCUT2D eigenvalue weighted by Crippen LogP contribution is -2.41. The number of hydrogen-bond donors (Lipinski definition) is 4. The third-order valence-electron chi connectivity index (χ3n) is 7.81. The van der Waals surface area contributed by atoms with E-state index >= 15 is 0 Å². The first-order chi connectivity index (χ1) is 27.5. The predicted octanol–water partition coefficient (Wildman–Crippen LogP) is 7.03. The van der Waals surface area contributed by atoms with Gasteiger partial charge in [0.15, 0.2) is 0 Å². The second-order valence-corrected chi connectivity index (χ2v) is 11.7. The zero-order valence-corrected chi connectivity index (χ0v) is 29.2. The van der Waals surface area contributed by atoms with Crippen LogP contribution in [-0.4, -0.2) is 33.5 Å². The summed E-state index contributed by atoms with van der Waals surface area (Å²) >= 11 is 0. The Balaban J connectivity index is 0.947. The summed E-state index contributed by atoms with van der Waals surface area (Å²) in [5.74, 6) is -0.400. The molecule has 0 saturated heterocycles. The van der Waals surface area contributed by atoms with Crippen LogP contribution in [0.2, 0.25) is 0 Å². The quantitative estimate of drug-likeness (QED) is 0.0729. The van der Waals surface area contributed by atoms with Crippen LogP contribution in [0.4, 0.5) is 11.4 Å². The molecule has 57 heavy (non-hydrogen) atoms. The minimum absolute atomic E-state index is 0.0904. The second kappa shape index (κ2) is 17.5. The van der Waals surface area contributed by atoms with Gasteiger partial charge in [-0.25, -0.2) is 0 Å². The molecular weight excluding hydrogens is 740 g/mol. The normalized spacial score (nSPS) is 10.3. The van der Waals surface area contributed by atoms with Crippen molar-refractivity contribution in [1.82, 2.24) is 21.7 Å². The van der Waals surface area contributed by atoms with E-state index < -0.39 is 33.5 Å². The van der Waals surface area contributed by atoms with Gasteiger partial charge in [0.25, 0.3) is 35.0 Å². The summed E-state index contributed by atoms with van der Waals surface area (Å²) in [7, 11) is 0. The van der Waals surface area contributed by atoms with E-state index in [9.17, 15) is 39.4 Å². The molecule has 6 aromatic carbocycles. The molecule has 0 aromatic heterocycles. The predicted molar refractivity (Wildman–Crippen MR) is 202 cm³/mol. The lowest BCUT2D eigenvalue weighted by molar-refractivity contribution is -0.385. The van der Waals surface area contributed by atoms with Crippen molar-refractivity contribution < 1.29 is 43.2 Å². The van der Waals surface area contributed by atoms with Gasteiger partial charge >= 0.3 is 0 Å². The number of hydrogen-bond acceptors (Lipinski definition) is 11. The summed E-state index contributed by atoms with van der Waals surface area (Å²) in [5, 5.41) is 21.7. The molecule has 0 spiro atoms. The van der Waals surface area contributed by atoms with E-state index in [0.717, 1.165) is 0 Å². The second-order valence-electron chi connectivity index (χ2n) is 11.7. The Bertz CT molecular complexity index is 2290. The number of carbonyl (C=O) groups is 4. The lowest BCUT2D eigenvalue weighted by atomic mass is 10.2. The monoisotopic (exact) mass is 768 g/mol. The average molecular weight is 769 g/mol. The van der Waals surface area contributed by atoms with Crippen molar-refractivity contribution >= 4 is 35.0 Å². The molecule has 0 bridgehead atoms. The number of nitro benzene ring substituents is 2. The third kappa shape index (κ3) is 10.3. The third-order valence-corrected chi connectivity index (χ3v) is 7.81. The van der Waals surface area contributed by atoms with E-state index in [-0.39, 0.29) is 33.6 Å². The highest BCUT2D eigenvalue weighted by atomic mass is 16.6. The van der Waals surface area contributed by atoms with Crippen LogP contribution in [-0.2, 0) is 0 Å². The van der Waals surface area contributed by atoms with Crippen molar-refractivity contribution in [1.29, 1.82) is 0 Å². The van der Waals surface area contributed by atoms with Crippen molar-refractivity contribution in [3.63, 3.8) is 0 Å². The summed E-state index contributed by atoms with van der Waals surface area (Å²) < 4.78 is 17.2. The maximum absolute atomic E-state index is 12.7. The Morgan fingerprint density at radius 1 is 0.368 bits per heavy atom. The minimum atomic E-state index is -0.615. The molecule has 0 aliphatic carbocycles. The van der Waals surface area contributed by atoms with Crippen LogP contribution >= 0.6 is 0 Å². The molecule has 6 rings (SSSR count). The van der Waals surface area contributed by atoms with Crippen molar-refractivity contribution in [2.45, 2.75) is 0 Å². The molecule has 284 valence electrons. The molecule has 6 aromatic rings.